The molecule has 7 radical (unpaired) electrons. The molecule has 61 heavy (non-hydrogen) atoms. The summed E-state index contributed by atoms with van der Waals surface area (Å²) in [6.45, 7) is 47.5. The Hall–Kier alpha value is 2.57. The Morgan fingerprint density at radius 3 is 1.00 bits per heavy atom. The van der Waals surface area contributed by atoms with Crippen LogP contribution in [0.5, 0.6) is 0 Å². The number of rotatable bonds is 9. The van der Waals surface area contributed by atoms with Crippen molar-refractivity contribution >= 4 is 93.8 Å². The Balaban J connectivity index is -0.000000175. The molecule has 0 aliphatic carbocycles. The molecule has 1 aliphatic rings. The summed E-state index contributed by atoms with van der Waals surface area (Å²) in [6, 6.07) is 0. The van der Waals surface area contributed by atoms with Crippen molar-refractivity contribution < 1.29 is 76.9 Å². The number of halogens is 6. The topological polar surface area (TPSA) is 96.0 Å². The van der Waals surface area contributed by atoms with E-state index in [2.05, 4.69) is 182 Å². The van der Waals surface area contributed by atoms with Crippen LogP contribution >= 0.6 is 50.0 Å². The van der Waals surface area contributed by atoms with E-state index in [1.54, 1.807) is 0 Å². The Morgan fingerprint density at radius 2 is 0.852 bits per heavy atom. The minimum absolute atomic E-state index is 0. The quantitative estimate of drug-likeness (QED) is 0.0559. The van der Waals surface area contributed by atoms with Gasteiger partial charge in [-0.2, -0.15) is 43.2 Å². The summed E-state index contributed by atoms with van der Waals surface area (Å²) in [5.41, 5.74) is -12.2. The van der Waals surface area contributed by atoms with Crippen molar-refractivity contribution in [2.75, 3.05) is 50.9 Å². The minimum Gasteiger partial charge on any atom is -1.00 e. The maximum atomic E-state index is 11.4. The summed E-state index contributed by atoms with van der Waals surface area (Å²) in [6.07, 6.45) is 7.27. The van der Waals surface area contributed by atoms with Gasteiger partial charge in [-0.05, 0) is 145 Å². The maximum absolute atomic E-state index is 11.4. The van der Waals surface area contributed by atoms with Gasteiger partial charge in [0.2, 0.25) is 0 Å². The molecule has 1 fully saturated rings. The summed E-state index contributed by atoms with van der Waals surface area (Å²) in [4.78, 5) is 0. The van der Waals surface area contributed by atoms with E-state index in [1.807, 2.05) is 0 Å². The van der Waals surface area contributed by atoms with Crippen molar-refractivity contribution in [3.63, 3.8) is 0 Å². The summed E-state index contributed by atoms with van der Waals surface area (Å²) in [7, 11) is -2.61. The van der Waals surface area contributed by atoms with Crippen LogP contribution in [0.2, 0.25) is 0 Å². The van der Waals surface area contributed by atoms with Gasteiger partial charge in [-0.25, -0.2) is 0 Å². The summed E-state index contributed by atoms with van der Waals surface area (Å²) >= 11 is 4.39. The molecule has 0 N–H and O–H groups in total. The number of alkyl halides is 6. The van der Waals surface area contributed by atoms with Crippen LogP contribution in [0.1, 0.15) is 139 Å². The third-order valence-electron chi connectivity index (χ3n) is 10.8. The first-order chi connectivity index (χ1) is 25.2. The van der Waals surface area contributed by atoms with Crippen molar-refractivity contribution in [3.8, 4) is 0 Å². The zero-order valence-corrected chi connectivity index (χ0v) is 48.4. The van der Waals surface area contributed by atoms with Gasteiger partial charge in [-0.3, -0.25) is 0 Å². The molecule has 2 unspecified atom stereocenters. The zero-order chi connectivity index (χ0) is 48.8. The largest absolute Gasteiger partial charge is 1.00 e. The Morgan fingerprint density at radius 1 is 0.557 bits per heavy atom. The van der Waals surface area contributed by atoms with Crippen LogP contribution in [0.15, 0.2) is 0 Å². The SMILES string of the molecule is C1CCOC1.CS[P+](C)(C[P+](SC)(C(C)(C)C)C(C)(C)C)C(C)(C)C.O=S(=O)(OOS(=O)(=O)C(F)(F)F)C(F)(F)F.[B].[B][P+](C)(C[P+]([B])(C(C)(C)C)C(C)(C)C)C(C)(C)C.[H-].[Li+]. The standard InChI is InChI=1S/C16H38P2S2.C14H32B2P2.C4H8O.C2F6O6S2.B.Li.H/c1-14(2,3)17(10,19-11)13-18(20-12,15(4,5)6)16(7,8)9;1-12(2,3)17(10,15)11-18(16,13(4,5)6)14(7,8)9;1-2-4-5-3-1;3-1(4,5)15(9,10)13-14-16(11,12)2(6,7)8;;;/h13H2,1-12H3;11H2,1-10H3;1-4H2;;;;/q2*+2;;;;+1;-1. The number of hydrogen-bond donors (Lipinski definition) is 0. The van der Waals surface area contributed by atoms with Crippen molar-refractivity contribution in [2.45, 2.75) is 179 Å². The second-order valence-electron chi connectivity index (χ2n) is 20.9. The van der Waals surface area contributed by atoms with Crippen molar-refractivity contribution in [1.29, 1.82) is 0 Å². The van der Waals surface area contributed by atoms with Crippen molar-refractivity contribution in [3.05, 3.63) is 0 Å². The molecule has 1 heterocycles. The zero-order valence-electron chi connectivity index (χ0n) is 42.5. The average Bonchev–Trinajstić information content (AvgIpc) is 3.55. The van der Waals surface area contributed by atoms with Crippen LogP contribution in [-0.4, -0.2) is 133 Å². The number of ether oxygens (including phenoxy) is 1. The van der Waals surface area contributed by atoms with Crippen LogP contribution in [0.25, 0.3) is 0 Å². The van der Waals surface area contributed by atoms with Gasteiger partial charge in [-0.1, -0.05) is 8.67 Å². The predicted octanol–water partition coefficient (Wildman–Crippen LogP) is 10.9. The Kier molecular flexibility index (Phi) is 29.6. The van der Waals surface area contributed by atoms with Gasteiger partial charge >= 0.3 is 65.2 Å². The van der Waals surface area contributed by atoms with Gasteiger partial charge < -0.3 is 6.16 Å². The molecule has 0 aromatic rings. The minimum atomic E-state index is -6.59. The monoisotopic (exact) mass is 1030 g/mol. The maximum Gasteiger partial charge on any atom is 1.00 e. The van der Waals surface area contributed by atoms with Crippen LogP contribution < -0.4 is 18.9 Å². The van der Waals surface area contributed by atoms with Gasteiger partial charge in [0, 0.05) is 70.7 Å². The van der Waals surface area contributed by atoms with Crippen molar-refractivity contribution in [1.82, 2.24) is 0 Å². The second-order valence-corrected chi connectivity index (χ2v) is 49.4. The first-order valence-corrected chi connectivity index (χ1v) is 34.4. The fourth-order valence-corrected chi connectivity index (χ4v) is 41.3. The van der Waals surface area contributed by atoms with E-state index >= 15 is 0 Å². The molecule has 0 amide bonds. The normalized spacial score (nSPS) is 17.3. The molecule has 1 aliphatic heterocycles. The fourth-order valence-electron chi connectivity index (χ4n) is 5.73. The average molecular weight is 1030 g/mol. The van der Waals surface area contributed by atoms with E-state index in [0.717, 1.165) is 19.1 Å². The van der Waals surface area contributed by atoms with Gasteiger partial charge in [0.1, 0.15) is 18.8 Å². The molecule has 25 heteroatoms. The molecular weight excluding hydrogens is 950 g/mol. The van der Waals surface area contributed by atoms with E-state index < -0.39 is 58.5 Å². The number of hydrogen-bond acceptors (Lipinski definition) is 9. The van der Waals surface area contributed by atoms with Crippen LogP contribution in [0, 0.1) is 0 Å². The second kappa shape index (κ2) is 24.9. The summed E-state index contributed by atoms with van der Waals surface area (Å²) < 4.78 is 118. The Labute approximate surface area is 398 Å². The fraction of sp³-hybridized carbons (Fsp3) is 1.00. The predicted molar refractivity (Wildman–Crippen MR) is 265 cm³/mol. The van der Waals surface area contributed by atoms with Gasteiger partial charge in [0.15, 0.2) is 5.90 Å². The molecule has 2 atom stereocenters. The summed E-state index contributed by atoms with van der Waals surface area (Å²) in [5.74, 6) is 2.50. The van der Waals surface area contributed by atoms with E-state index in [4.69, 9.17) is 19.9 Å². The van der Waals surface area contributed by atoms with Crippen molar-refractivity contribution in [2.24, 2.45) is 0 Å². The van der Waals surface area contributed by atoms with Crippen LogP contribution in [0.3, 0.4) is 0 Å². The summed E-state index contributed by atoms with van der Waals surface area (Å²) in [5, 5.41) is 1.73. The molecule has 0 aromatic heterocycles. The molecule has 1 rings (SSSR count). The molecule has 357 valence electrons. The first kappa shape index (κ1) is 72.6. The van der Waals surface area contributed by atoms with Crippen LogP contribution in [0.4, 0.5) is 26.3 Å². The molecule has 0 spiro atoms. The van der Waals surface area contributed by atoms with Gasteiger partial charge in [0.25, 0.3) is 0 Å². The van der Waals surface area contributed by atoms with E-state index in [1.165, 1.54) is 18.7 Å². The molecule has 0 aromatic carbocycles. The van der Waals surface area contributed by atoms with E-state index in [-0.39, 0.29) is 44.2 Å². The van der Waals surface area contributed by atoms with Crippen LogP contribution in [-0.2, 0) is 33.6 Å². The molecule has 1 saturated heterocycles. The third-order valence-corrected chi connectivity index (χ3v) is 48.2. The molecular formula is C36H79B3F6LiO7P4S4+4. The van der Waals surface area contributed by atoms with E-state index in [0.29, 0.717) is 15.5 Å². The smallest absolute Gasteiger partial charge is 1.00 e. The molecule has 7 nitrogen and oxygen atoms in total. The Bertz CT molecular complexity index is 1450. The molecule has 0 bridgehead atoms. The first-order valence-electron chi connectivity index (χ1n) is 19.0. The van der Waals surface area contributed by atoms with Gasteiger partial charge in [0.05, 0.1) is 37.6 Å². The third kappa shape index (κ3) is 21.0. The van der Waals surface area contributed by atoms with Gasteiger partial charge in [-0.15, -0.1) is 0 Å². The van der Waals surface area contributed by atoms with E-state index in [9.17, 15) is 43.2 Å². The molecule has 0 saturated carbocycles.